The largest absolute Gasteiger partial charge is 0.384 e. The zero-order chi connectivity index (χ0) is 14.8. The van der Waals surface area contributed by atoms with Crippen LogP contribution >= 0.6 is 11.3 Å². The van der Waals surface area contributed by atoms with Crippen LogP contribution in [-0.4, -0.2) is 62.9 Å². The number of likely N-dealkylation sites (N-methyl/N-ethyl adjacent to an activating group) is 1. The third-order valence-corrected chi connectivity index (χ3v) is 3.33. The van der Waals surface area contributed by atoms with E-state index in [4.69, 9.17) is 9.84 Å². The van der Waals surface area contributed by atoms with Crippen molar-refractivity contribution in [2.45, 2.75) is 0 Å². The van der Waals surface area contributed by atoms with E-state index in [2.05, 4.69) is 17.2 Å². The molecule has 5 nitrogen and oxygen atoms in total. The van der Waals surface area contributed by atoms with Gasteiger partial charge in [0.1, 0.15) is 6.61 Å². The first-order valence-electron chi connectivity index (χ1n) is 6.33. The molecule has 0 aliphatic heterocycles. The Labute approximate surface area is 123 Å². The third kappa shape index (κ3) is 6.68. The maximum atomic E-state index is 11.8. The highest BCUT2D eigenvalue weighted by atomic mass is 32.1. The molecule has 20 heavy (non-hydrogen) atoms. The van der Waals surface area contributed by atoms with Gasteiger partial charge in [-0.2, -0.15) is 0 Å². The molecule has 1 heterocycles. The highest BCUT2D eigenvalue weighted by molar-refractivity contribution is 7.14. The highest BCUT2D eigenvalue weighted by Gasteiger charge is 2.07. The summed E-state index contributed by atoms with van der Waals surface area (Å²) in [4.78, 5) is 15.2. The monoisotopic (exact) mass is 296 g/mol. The Kier molecular flexibility index (Phi) is 7.92. The Bertz CT molecular complexity index is 474. The van der Waals surface area contributed by atoms with Gasteiger partial charge in [0.05, 0.1) is 23.0 Å². The molecule has 0 aliphatic carbocycles. The molecule has 0 fully saturated rings. The molecule has 0 radical (unpaired) electrons. The Balaban J connectivity index is 2.24. The fraction of sp³-hybridized carbons (Fsp3) is 0.500. The Morgan fingerprint density at radius 3 is 2.95 bits per heavy atom. The molecule has 0 saturated heterocycles. The van der Waals surface area contributed by atoms with Crippen molar-refractivity contribution >= 4 is 17.2 Å². The van der Waals surface area contributed by atoms with Crippen LogP contribution in [-0.2, 0) is 4.74 Å². The molecular formula is C14H20N2O3S. The van der Waals surface area contributed by atoms with Crippen molar-refractivity contribution < 1.29 is 14.6 Å². The van der Waals surface area contributed by atoms with Gasteiger partial charge in [0.15, 0.2) is 0 Å². The summed E-state index contributed by atoms with van der Waals surface area (Å²) >= 11 is 1.31. The van der Waals surface area contributed by atoms with Crippen LogP contribution in [0.15, 0.2) is 12.1 Å². The molecule has 6 heteroatoms. The van der Waals surface area contributed by atoms with Gasteiger partial charge in [0.25, 0.3) is 5.91 Å². The number of aliphatic hydroxyl groups is 1. The summed E-state index contributed by atoms with van der Waals surface area (Å²) in [6.45, 7) is 2.34. The van der Waals surface area contributed by atoms with Crippen LogP contribution < -0.4 is 5.32 Å². The lowest BCUT2D eigenvalue weighted by molar-refractivity contribution is 0.0904. The predicted octanol–water partition coefficient (Wildman–Crippen LogP) is 0.400. The first-order valence-corrected chi connectivity index (χ1v) is 7.15. The van der Waals surface area contributed by atoms with Crippen LogP contribution in [0.2, 0.25) is 0 Å². The first-order chi connectivity index (χ1) is 9.63. The maximum absolute atomic E-state index is 11.8. The average Bonchev–Trinajstić information content (AvgIpc) is 2.88. The summed E-state index contributed by atoms with van der Waals surface area (Å²) in [6.07, 6.45) is 0. The second-order valence-electron chi connectivity index (χ2n) is 4.30. The summed E-state index contributed by atoms with van der Waals surface area (Å²) in [7, 11) is 3.97. The fourth-order valence-electron chi connectivity index (χ4n) is 1.33. The van der Waals surface area contributed by atoms with E-state index >= 15 is 0 Å². The van der Waals surface area contributed by atoms with Gasteiger partial charge in [0, 0.05) is 13.1 Å². The number of carbonyl (C=O) groups excluding carboxylic acids is 1. The maximum Gasteiger partial charge on any atom is 0.261 e. The van der Waals surface area contributed by atoms with Gasteiger partial charge in [-0.05, 0) is 26.2 Å². The van der Waals surface area contributed by atoms with E-state index in [1.54, 1.807) is 12.1 Å². The van der Waals surface area contributed by atoms with Gasteiger partial charge in [-0.3, -0.25) is 4.79 Å². The second kappa shape index (κ2) is 9.50. The smallest absolute Gasteiger partial charge is 0.261 e. The van der Waals surface area contributed by atoms with Crippen molar-refractivity contribution in [3.05, 3.63) is 21.9 Å². The standard InChI is InChI=1S/C14H20N2O3S/c1-16(2)8-11-19-10-7-15-14(18)13-6-5-12(20-13)4-3-9-17/h5-6,17H,7-11H2,1-2H3,(H,15,18). The minimum absolute atomic E-state index is 0.122. The van der Waals surface area contributed by atoms with Gasteiger partial charge in [-0.1, -0.05) is 11.8 Å². The number of hydrogen-bond acceptors (Lipinski definition) is 5. The number of amides is 1. The van der Waals surface area contributed by atoms with Gasteiger partial charge < -0.3 is 20.1 Å². The van der Waals surface area contributed by atoms with Crippen molar-refractivity contribution in [3.63, 3.8) is 0 Å². The molecule has 110 valence electrons. The number of thiophene rings is 1. The molecule has 0 aliphatic rings. The number of hydrogen-bond donors (Lipinski definition) is 2. The van der Waals surface area contributed by atoms with E-state index in [0.717, 1.165) is 11.4 Å². The van der Waals surface area contributed by atoms with E-state index in [-0.39, 0.29) is 12.5 Å². The van der Waals surface area contributed by atoms with Crippen LogP contribution in [0.25, 0.3) is 0 Å². The predicted molar refractivity (Wildman–Crippen MR) is 80.0 cm³/mol. The van der Waals surface area contributed by atoms with E-state index in [1.165, 1.54) is 11.3 Å². The first kappa shape index (κ1) is 16.7. The van der Waals surface area contributed by atoms with E-state index in [1.807, 2.05) is 19.0 Å². The number of aliphatic hydroxyl groups excluding tert-OH is 1. The van der Waals surface area contributed by atoms with Gasteiger partial charge in [-0.15, -0.1) is 11.3 Å². The number of ether oxygens (including phenoxy) is 1. The van der Waals surface area contributed by atoms with E-state index in [9.17, 15) is 4.79 Å². The second-order valence-corrected chi connectivity index (χ2v) is 5.38. The lowest BCUT2D eigenvalue weighted by Crippen LogP contribution is -2.27. The molecule has 0 bridgehead atoms. The van der Waals surface area contributed by atoms with Crippen molar-refractivity contribution in [3.8, 4) is 11.8 Å². The molecule has 1 aromatic rings. The number of rotatable bonds is 7. The molecular weight excluding hydrogens is 276 g/mol. The topological polar surface area (TPSA) is 61.8 Å². The third-order valence-electron chi connectivity index (χ3n) is 2.34. The quantitative estimate of drug-likeness (QED) is 0.565. The zero-order valence-corrected chi connectivity index (χ0v) is 12.6. The van der Waals surface area contributed by atoms with Crippen molar-refractivity contribution in [2.75, 3.05) is 47.0 Å². The average molecular weight is 296 g/mol. The van der Waals surface area contributed by atoms with Gasteiger partial charge >= 0.3 is 0 Å². The van der Waals surface area contributed by atoms with Crippen LogP contribution in [0.1, 0.15) is 14.5 Å². The summed E-state index contributed by atoms with van der Waals surface area (Å²) in [5.74, 6) is 5.20. The van der Waals surface area contributed by atoms with Gasteiger partial charge in [0.2, 0.25) is 0 Å². The summed E-state index contributed by atoms with van der Waals surface area (Å²) in [5.41, 5.74) is 0. The lowest BCUT2D eigenvalue weighted by atomic mass is 10.4. The van der Waals surface area contributed by atoms with E-state index < -0.39 is 0 Å². The minimum atomic E-state index is -0.177. The summed E-state index contributed by atoms with van der Waals surface area (Å²) < 4.78 is 5.39. The Morgan fingerprint density at radius 1 is 1.45 bits per heavy atom. The normalized spacial score (nSPS) is 10.2. The molecule has 0 unspecified atom stereocenters. The summed E-state index contributed by atoms with van der Waals surface area (Å²) in [5, 5.41) is 11.4. The zero-order valence-electron chi connectivity index (χ0n) is 11.8. The Hall–Kier alpha value is -1.39. The molecule has 1 aromatic heterocycles. The van der Waals surface area contributed by atoms with Crippen LogP contribution in [0.4, 0.5) is 0 Å². The van der Waals surface area contributed by atoms with Crippen LogP contribution in [0, 0.1) is 11.8 Å². The number of nitrogens with one attached hydrogen (secondary N) is 1. The Morgan fingerprint density at radius 2 is 2.25 bits per heavy atom. The van der Waals surface area contributed by atoms with E-state index in [0.29, 0.717) is 24.6 Å². The van der Waals surface area contributed by atoms with Crippen LogP contribution in [0.3, 0.4) is 0 Å². The number of nitrogens with zero attached hydrogens (tertiary/aromatic N) is 1. The fourth-order valence-corrected chi connectivity index (χ4v) is 2.12. The lowest BCUT2D eigenvalue weighted by Gasteiger charge is -2.09. The SMILES string of the molecule is CN(C)CCOCCNC(=O)c1ccc(C#CCO)s1. The molecule has 1 rings (SSSR count). The molecule has 1 amide bonds. The van der Waals surface area contributed by atoms with Gasteiger partial charge in [-0.25, -0.2) is 0 Å². The van der Waals surface area contributed by atoms with Crippen LogP contribution in [0.5, 0.6) is 0 Å². The van der Waals surface area contributed by atoms with Crippen molar-refractivity contribution in [1.82, 2.24) is 10.2 Å². The molecule has 0 saturated carbocycles. The minimum Gasteiger partial charge on any atom is -0.384 e. The van der Waals surface area contributed by atoms with Crippen molar-refractivity contribution in [2.24, 2.45) is 0 Å². The summed E-state index contributed by atoms with van der Waals surface area (Å²) in [6, 6.07) is 3.50. The highest BCUT2D eigenvalue weighted by Crippen LogP contribution is 2.14. The molecule has 0 aromatic carbocycles. The molecule has 0 atom stereocenters. The van der Waals surface area contributed by atoms with Crippen molar-refractivity contribution in [1.29, 1.82) is 0 Å². The molecule has 0 spiro atoms. The number of carbonyl (C=O) groups is 1. The molecule has 2 N–H and O–H groups in total.